The lowest BCUT2D eigenvalue weighted by Crippen LogP contribution is -1.97. The maximum Gasteiger partial charge on any atom is 0.203 e. The van der Waals surface area contributed by atoms with Gasteiger partial charge in [0.1, 0.15) is 0 Å². The van der Waals surface area contributed by atoms with Crippen molar-refractivity contribution in [3.8, 4) is 11.1 Å². The molecule has 1 N–H and O–H groups in total. The molecular formula is C20H19N3O2S. The first kappa shape index (κ1) is 16.9. The lowest BCUT2D eigenvalue weighted by atomic mass is 10.0. The van der Waals surface area contributed by atoms with Gasteiger partial charge in [0.15, 0.2) is 6.29 Å². The van der Waals surface area contributed by atoms with Crippen LogP contribution in [0.1, 0.15) is 23.1 Å². The first-order valence-corrected chi connectivity index (χ1v) is 9.31. The van der Waals surface area contributed by atoms with Crippen molar-refractivity contribution in [1.82, 2.24) is 4.98 Å². The fourth-order valence-electron chi connectivity index (χ4n) is 2.71. The van der Waals surface area contributed by atoms with E-state index in [1.165, 1.54) is 0 Å². The minimum atomic E-state index is -0.225. The van der Waals surface area contributed by atoms with Crippen molar-refractivity contribution in [2.45, 2.75) is 13.2 Å². The summed E-state index contributed by atoms with van der Waals surface area (Å²) < 4.78 is 11.0. The van der Waals surface area contributed by atoms with E-state index in [1.54, 1.807) is 17.6 Å². The highest BCUT2D eigenvalue weighted by Gasteiger charge is 2.17. The van der Waals surface area contributed by atoms with Gasteiger partial charge in [-0.2, -0.15) is 5.10 Å². The van der Waals surface area contributed by atoms with Gasteiger partial charge in [-0.25, -0.2) is 4.98 Å². The summed E-state index contributed by atoms with van der Waals surface area (Å²) in [5.41, 5.74) is 8.34. The Kier molecular flexibility index (Phi) is 5.06. The molecule has 0 saturated carbocycles. The number of rotatable bonds is 5. The Bertz CT molecular complexity index is 882. The smallest absolute Gasteiger partial charge is 0.203 e. The van der Waals surface area contributed by atoms with Crippen LogP contribution in [0.15, 0.2) is 59.0 Å². The summed E-state index contributed by atoms with van der Waals surface area (Å²) in [6.45, 7) is 3.28. The van der Waals surface area contributed by atoms with Crippen LogP contribution in [0.25, 0.3) is 11.1 Å². The summed E-state index contributed by atoms with van der Waals surface area (Å²) >= 11 is 1.54. The minimum absolute atomic E-state index is 0.225. The van der Waals surface area contributed by atoms with Gasteiger partial charge in [-0.1, -0.05) is 48.5 Å². The van der Waals surface area contributed by atoms with E-state index in [-0.39, 0.29) is 6.29 Å². The van der Waals surface area contributed by atoms with Crippen molar-refractivity contribution in [1.29, 1.82) is 0 Å². The van der Waals surface area contributed by atoms with Crippen molar-refractivity contribution >= 4 is 22.7 Å². The molecule has 0 amide bonds. The Balaban J connectivity index is 1.40. The number of hydrazone groups is 1. The number of ether oxygens (including phenoxy) is 2. The third kappa shape index (κ3) is 3.99. The molecule has 1 fully saturated rings. The molecule has 0 bridgehead atoms. The number of aromatic nitrogens is 1. The molecule has 0 atom stereocenters. The first-order valence-electron chi connectivity index (χ1n) is 8.43. The zero-order valence-electron chi connectivity index (χ0n) is 14.4. The van der Waals surface area contributed by atoms with Crippen LogP contribution in [0.4, 0.5) is 5.13 Å². The summed E-state index contributed by atoms with van der Waals surface area (Å²) in [7, 11) is 0. The summed E-state index contributed by atoms with van der Waals surface area (Å²) in [6.07, 6.45) is 1.56. The number of hydrogen-bond donors (Lipinski definition) is 1. The number of nitrogens with zero attached hydrogens (tertiary/aromatic N) is 2. The molecule has 5 nitrogen and oxygen atoms in total. The van der Waals surface area contributed by atoms with E-state index in [2.05, 4.69) is 51.9 Å². The van der Waals surface area contributed by atoms with E-state index >= 15 is 0 Å². The van der Waals surface area contributed by atoms with Crippen LogP contribution in [-0.2, 0) is 9.47 Å². The van der Waals surface area contributed by atoms with Crippen molar-refractivity contribution < 1.29 is 9.47 Å². The maximum atomic E-state index is 5.52. The predicted octanol–water partition coefficient (Wildman–Crippen LogP) is 4.61. The Morgan fingerprint density at radius 3 is 2.31 bits per heavy atom. The molecule has 26 heavy (non-hydrogen) atoms. The average molecular weight is 365 g/mol. The third-order valence-corrected chi connectivity index (χ3v) is 4.91. The molecule has 0 radical (unpaired) electrons. The largest absolute Gasteiger partial charge is 0.346 e. The van der Waals surface area contributed by atoms with E-state index in [9.17, 15) is 0 Å². The van der Waals surface area contributed by atoms with E-state index in [1.807, 2.05) is 24.4 Å². The van der Waals surface area contributed by atoms with Crippen molar-refractivity contribution in [3.05, 3.63) is 70.7 Å². The molecule has 0 spiro atoms. The van der Waals surface area contributed by atoms with Crippen LogP contribution in [0.3, 0.4) is 0 Å². The van der Waals surface area contributed by atoms with Gasteiger partial charge in [0.05, 0.1) is 25.1 Å². The molecule has 4 rings (SSSR count). The van der Waals surface area contributed by atoms with E-state index in [0.29, 0.717) is 13.2 Å². The average Bonchev–Trinajstić information content (AvgIpc) is 3.35. The number of hydrogen-bond acceptors (Lipinski definition) is 6. The highest BCUT2D eigenvalue weighted by atomic mass is 32.1. The SMILES string of the molecule is Cc1csc(NN=Cc2ccc(-c3ccc(C4OCCO4)cc3)cc2)n1. The van der Waals surface area contributed by atoms with Crippen LogP contribution < -0.4 is 5.43 Å². The van der Waals surface area contributed by atoms with Crippen molar-refractivity contribution in [2.24, 2.45) is 5.10 Å². The monoisotopic (exact) mass is 365 g/mol. The molecule has 0 aliphatic carbocycles. The van der Waals surface area contributed by atoms with Crippen molar-refractivity contribution in [3.63, 3.8) is 0 Å². The number of aryl methyl sites for hydroxylation is 1. The molecule has 1 aliphatic rings. The van der Waals surface area contributed by atoms with Gasteiger partial charge < -0.3 is 9.47 Å². The summed E-state index contributed by atoms with van der Waals surface area (Å²) in [5, 5.41) is 7.01. The van der Waals surface area contributed by atoms with Crippen LogP contribution in [-0.4, -0.2) is 24.4 Å². The quantitative estimate of drug-likeness (QED) is 0.530. The van der Waals surface area contributed by atoms with Gasteiger partial charge >= 0.3 is 0 Å². The highest BCUT2D eigenvalue weighted by molar-refractivity contribution is 7.13. The van der Waals surface area contributed by atoms with E-state index in [0.717, 1.165) is 33.1 Å². The standard InChI is InChI=1S/C20H19N3O2S/c1-14-13-26-20(22-14)23-21-12-15-2-4-16(5-3-15)17-6-8-18(9-7-17)19-24-10-11-25-19/h2-9,12-13,19H,10-11H2,1H3,(H,22,23). The zero-order valence-corrected chi connectivity index (χ0v) is 15.2. The number of nitrogens with one attached hydrogen (secondary N) is 1. The second-order valence-electron chi connectivity index (χ2n) is 5.98. The molecule has 1 aromatic heterocycles. The van der Waals surface area contributed by atoms with Gasteiger partial charge in [0.25, 0.3) is 0 Å². The van der Waals surface area contributed by atoms with E-state index in [4.69, 9.17) is 9.47 Å². The third-order valence-electron chi connectivity index (χ3n) is 4.04. The van der Waals surface area contributed by atoms with Crippen molar-refractivity contribution in [2.75, 3.05) is 18.6 Å². The fourth-order valence-corrected chi connectivity index (χ4v) is 3.35. The van der Waals surface area contributed by atoms with Gasteiger partial charge in [-0.05, 0) is 23.6 Å². The van der Waals surface area contributed by atoms with Gasteiger partial charge in [0, 0.05) is 10.9 Å². The minimum Gasteiger partial charge on any atom is -0.346 e. The predicted molar refractivity (Wildman–Crippen MR) is 105 cm³/mol. The highest BCUT2D eigenvalue weighted by Crippen LogP contribution is 2.26. The van der Waals surface area contributed by atoms with Gasteiger partial charge in [-0.3, -0.25) is 5.43 Å². The Morgan fingerprint density at radius 2 is 1.69 bits per heavy atom. The molecule has 132 valence electrons. The molecular weight excluding hydrogens is 346 g/mol. The molecule has 1 aliphatic heterocycles. The van der Waals surface area contributed by atoms with Gasteiger partial charge in [-0.15, -0.1) is 11.3 Å². The lowest BCUT2D eigenvalue weighted by molar-refractivity contribution is -0.0441. The second kappa shape index (κ2) is 7.78. The number of benzene rings is 2. The number of thiazole rings is 1. The fraction of sp³-hybridized carbons (Fsp3) is 0.200. The van der Waals surface area contributed by atoms with Crippen LogP contribution in [0, 0.1) is 6.92 Å². The molecule has 2 aromatic carbocycles. The Hall–Kier alpha value is -2.54. The number of anilines is 1. The van der Waals surface area contributed by atoms with Crippen LogP contribution in [0.2, 0.25) is 0 Å². The van der Waals surface area contributed by atoms with Crippen LogP contribution in [0.5, 0.6) is 0 Å². The van der Waals surface area contributed by atoms with Gasteiger partial charge in [0.2, 0.25) is 5.13 Å². The summed E-state index contributed by atoms with van der Waals surface area (Å²) in [4.78, 5) is 4.31. The molecule has 6 heteroatoms. The van der Waals surface area contributed by atoms with E-state index < -0.39 is 0 Å². The molecule has 1 saturated heterocycles. The summed E-state index contributed by atoms with van der Waals surface area (Å²) in [6, 6.07) is 16.6. The zero-order chi connectivity index (χ0) is 17.8. The maximum absolute atomic E-state index is 5.52. The van der Waals surface area contributed by atoms with Crippen LogP contribution >= 0.6 is 11.3 Å². The second-order valence-corrected chi connectivity index (χ2v) is 6.84. The Morgan fingerprint density at radius 1 is 1.04 bits per heavy atom. The normalized spacial score (nSPS) is 15.0. The topological polar surface area (TPSA) is 55.7 Å². The molecule has 2 heterocycles. The first-order chi connectivity index (χ1) is 12.8. The Labute approximate surface area is 156 Å². The lowest BCUT2D eigenvalue weighted by Gasteiger charge is -2.10. The molecule has 3 aromatic rings. The molecule has 0 unspecified atom stereocenters. The summed E-state index contributed by atoms with van der Waals surface area (Å²) in [5.74, 6) is 0.